The third-order valence-corrected chi connectivity index (χ3v) is 5.67. The average molecular weight is 344 g/mol. The predicted octanol–water partition coefficient (Wildman–Crippen LogP) is 3.13. The van der Waals surface area contributed by atoms with Crippen LogP contribution in [0.15, 0.2) is 24.3 Å². The van der Waals surface area contributed by atoms with E-state index in [1.165, 1.54) is 17.7 Å². The largest absolute Gasteiger partial charge is 0.494 e. The number of nitrogens with zero attached hydrogens (tertiary/aromatic N) is 1. The van der Waals surface area contributed by atoms with Gasteiger partial charge < -0.3 is 10.1 Å². The molecule has 1 aromatic carbocycles. The van der Waals surface area contributed by atoms with E-state index < -0.39 is 6.04 Å². The van der Waals surface area contributed by atoms with Crippen LogP contribution in [0.4, 0.5) is 5.69 Å². The highest BCUT2D eigenvalue weighted by atomic mass is 16.5. The van der Waals surface area contributed by atoms with Gasteiger partial charge in [-0.2, -0.15) is 0 Å². The van der Waals surface area contributed by atoms with Crippen molar-refractivity contribution in [1.82, 2.24) is 5.32 Å². The van der Waals surface area contributed by atoms with Crippen molar-refractivity contribution in [1.29, 1.82) is 0 Å². The van der Waals surface area contributed by atoms with Gasteiger partial charge in [-0.05, 0) is 49.4 Å². The van der Waals surface area contributed by atoms with E-state index in [2.05, 4.69) is 19.2 Å². The minimum atomic E-state index is -0.406. The second kappa shape index (κ2) is 7.56. The summed E-state index contributed by atoms with van der Waals surface area (Å²) in [5, 5.41) is 3.47. The molecule has 2 amide bonds. The Bertz CT molecular complexity index is 628. The molecule has 25 heavy (non-hydrogen) atoms. The van der Waals surface area contributed by atoms with Crippen LogP contribution in [-0.4, -0.2) is 30.5 Å². The summed E-state index contributed by atoms with van der Waals surface area (Å²) < 4.78 is 5.42. The zero-order valence-corrected chi connectivity index (χ0v) is 15.3. The minimum Gasteiger partial charge on any atom is -0.494 e. The van der Waals surface area contributed by atoms with Gasteiger partial charge in [0, 0.05) is 6.04 Å². The molecule has 136 valence electrons. The number of nitrogens with one attached hydrogen (secondary N) is 1. The van der Waals surface area contributed by atoms with Gasteiger partial charge in [0.2, 0.25) is 5.91 Å². The van der Waals surface area contributed by atoms with E-state index in [1.807, 2.05) is 6.92 Å². The Balaban J connectivity index is 1.69. The second-order valence-corrected chi connectivity index (χ2v) is 7.29. The van der Waals surface area contributed by atoms with Gasteiger partial charge in [0.05, 0.1) is 24.8 Å². The standard InChI is InChI=1S/C20H28N2O3/c1-4-25-16-10-8-15(9-11-16)22-19(23)12-18(20(22)24)21-17-7-5-6-13(2)14(17)3/h8-11,13-14,17-18,21H,4-7,12H2,1-3H3/t13-,14-,17-,18+/m1/s1. The molecule has 1 aromatic rings. The Labute approximate surface area is 149 Å². The molecule has 1 saturated carbocycles. The van der Waals surface area contributed by atoms with Crippen LogP contribution >= 0.6 is 0 Å². The SMILES string of the molecule is CCOc1ccc(N2C(=O)C[C@H](N[C@@H]3CCC[C@@H](C)[C@H]3C)C2=O)cc1. The molecule has 0 radical (unpaired) electrons. The molecule has 1 saturated heterocycles. The van der Waals surface area contributed by atoms with E-state index in [0.717, 1.165) is 12.2 Å². The molecule has 1 heterocycles. The maximum Gasteiger partial charge on any atom is 0.251 e. The second-order valence-electron chi connectivity index (χ2n) is 7.29. The molecule has 5 nitrogen and oxygen atoms in total. The third-order valence-electron chi connectivity index (χ3n) is 5.67. The number of rotatable bonds is 5. The molecule has 0 aromatic heterocycles. The predicted molar refractivity (Wildman–Crippen MR) is 97.6 cm³/mol. The van der Waals surface area contributed by atoms with E-state index in [1.54, 1.807) is 24.3 Å². The highest BCUT2D eigenvalue weighted by Gasteiger charge is 2.41. The zero-order chi connectivity index (χ0) is 18.0. The van der Waals surface area contributed by atoms with Crippen LogP contribution in [0, 0.1) is 11.8 Å². The number of hydrogen-bond acceptors (Lipinski definition) is 4. The Hall–Kier alpha value is -1.88. The van der Waals surface area contributed by atoms with Crippen molar-refractivity contribution in [3.05, 3.63) is 24.3 Å². The Morgan fingerprint density at radius 1 is 1.16 bits per heavy atom. The van der Waals surface area contributed by atoms with Crippen LogP contribution in [0.25, 0.3) is 0 Å². The maximum absolute atomic E-state index is 12.8. The quantitative estimate of drug-likeness (QED) is 0.834. The summed E-state index contributed by atoms with van der Waals surface area (Å²) in [4.78, 5) is 26.5. The molecule has 4 atom stereocenters. The summed E-state index contributed by atoms with van der Waals surface area (Å²) in [6.45, 7) is 7.02. The highest BCUT2D eigenvalue weighted by molar-refractivity contribution is 6.22. The topological polar surface area (TPSA) is 58.6 Å². The lowest BCUT2D eigenvalue weighted by molar-refractivity contribution is -0.121. The molecule has 2 fully saturated rings. The van der Waals surface area contributed by atoms with Gasteiger partial charge in [0.1, 0.15) is 5.75 Å². The maximum atomic E-state index is 12.8. The molecule has 0 unspecified atom stereocenters. The van der Waals surface area contributed by atoms with Crippen molar-refractivity contribution in [3.63, 3.8) is 0 Å². The van der Waals surface area contributed by atoms with Crippen molar-refractivity contribution >= 4 is 17.5 Å². The van der Waals surface area contributed by atoms with Gasteiger partial charge in [-0.3, -0.25) is 9.59 Å². The van der Waals surface area contributed by atoms with Gasteiger partial charge >= 0.3 is 0 Å². The van der Waals surface area contributed by atoms with Gasteiger partial charge in [0.25, 0.3) is 5.91 Å². The molecule has 3 rings (SSSR count). The third kappa shape index (κ3) is 3.71. The fourth-order valence-corrected chi connectivity index (χ4v) is 3.97. The van der Waals surface area contributed by atoms with Gasteiger partial charge in [-0.1, -0.05) is 26.7 Å². The Morgan fingerprint density at radius 2 is 1.88 bits per heavy atom. The fraction of sp³-hybridized carbons (Fsp3) is 0.600. The summed E-state index contributed by atoms with van der Waals surface area (Å²) >= 11 is 0. The molecule has 0 spiro atoms. The van der Waals surface area contributed by atoms with Crippen molar-refractivity contribution in [2.45, 2.75) is 58.5 Å². The first-order valence-corrected chi connectivity index (χ1v) is 9.37. The summed E-state index contributed by atoms with van der Waals surface area (Å²) in [7, 11) is 0. The van der Waals surface area contributed by atoms with Crippen LogP contribution in [0.3, 0.4) is 0 Å². The van der Waals surface area contributed by atoms with Gasteiger partial charge in [0.15, 0.2) is 0 Å². The molecular weight excluding hydrogens is 316 g/mol. The molecular formula is C20H28N2O3. The average Bonchev–Trinajstić information content (AvgIpc) is 2.87. The first-order chi connectivity index (χ1) is 12.0. The lowest BCUT2D eigenvalue weighted by atomic mass is 9.78. The fourth-order valence-electron chi connectivity index (χ4n) is 3.97. The summed E-state index contributed by atoms with van der Waals surface area (Å²) in [6.07, 6.45) is 3.74. The van der Waals surface area contributed by atoms with E-state index in [0.29, 0.717) is 30.2 Å². The molecule has 2 aliphatic rings. The van der Waals surface area contributed by atoms with Crippen molar-refractivity contribution in [2.75, 3.05) is 11.5 Å². The monoisotopic (exact) mass is 344 g/mol. The molecule has 1 aliphatic heterocycles. The minimum absolute atomic E-state index is 0.136. The first-order valence-electron chi connectivity index (χ1n) is 9.37. The molecule has 1 aliphatic carbocycles. The molecule has 0 bridgehead atoms. The van der Waals surface area contributed by atoms with E-state index in [4.69, 9.17) is 4.74 Å². The van der Waals surface area contributed by atoms with Crippen molar-refractivity contribution in [2.24, 2.45) is 11.8 Å². The smallest absolute Gasteiger partial charge is 0.251 e. The normalized spacial score (nSPS) is 30.0. The number of carbonyl (C=O) groups excluding carboxylic acids is 2. The van der Waals surface area contributed by atoms with Crippen molar-refractivity contribution < 1.29 is 14.3 Å². The number of amides is 2. The lowest BCUT2D eigenvalue weighted by Gasteiger charge is -2.36. The molecule has 1 N–H and O–H groups in total. The van der Waals surface area contributed by atoms with Gasteiger partial charge in [-0.25, -0.2) is 4.90 Å². The van der Waals surface area contributed by atoms with Crippen LogP contribution < -0.4 is 15.0 Å². The number of anilines is 1. The van der Waals surface area contributed by atoms with Crippen LogP contribution in [-0.2, 0) is 9.59 Å². The number of benzene rings is 1. The van der Waals surface area contributed by atoms with E-state index >= 15 is 0 Å². The lowest BCUT2D eigenvalue weighted by Crippen LogP contribution is -2.48. The highest BCUT2D eigenvalue weighted by Crippen LogP contribution is 2.31. The number of hydrogen-bond donors (Lipinski definition) is 1. The first kappa shape index (κ1) is 17.9. The van der Waals surface area contributed by atoms with E-state index in [9.17, 15) is 9.59 Å². The molecule has 5 heteroatoms. The Morgan fingerprint density at radius 3 is 2.56 bits per heavy atom. The van der Waals surface area contributed by atoms with Crippen molar-refractivity contribution in [3.8, 4) is 5.75 Å². The number of imide groups is 1. The summed E-state index contributed by atoms with van der Waals surface area (Å²) in [5.41, 5.74) is 0.618. The summed E-state index contributed by atoms with van der Waals surface area (Å²) in [5.74, 6) is 1.64. The summed E-state index contributed by atoms with van der Waals surface area (Å²) in [6, 6.07) is 7.04. The number of carbonyl (C=O) groups is 2. The van der Waals surface area contributed by atoms with Crippen LogP contribution in [0.2, 0.25) is 0 Å². The Kier molecular flexibility index (Phi) is 5.42. The number of ether oxygens (including phenoxy) is 1. The van der Waals surface area contributed by atoms with Gasteiger partial charge in [-0.15, -0.1) is 0 Å². The van der Waals surface area contributed by atoms with E-state index in [-0.39, 0.29) is 18.2 Å². The zero-order valence-electron chi connectivity index (χ0n) is 15.3. The van der Waals surface area contributed by atoms with Crippen LogP contribution in [0.1, 0.15) is 46.5 Å². The van der Waals surface area contributed by atoms with Crippen LogP contribution in [0.5, 0.6) is 5.75 Å².